The van der Waals surface area contributed by atoms with E-state index in [2.05, 4.69) is 0 Å². The normalized spacial score (nSPS) is 32.2. The molecule has 3 heteroatoms. The fourth-order valence-electron chi connectivity index (χ4n) is 1.95. The Labute approximate surface area is 84.7 Å². The van der Waals surface area contributed by atoms with Gasteiger partial charge in [-0.1, -0.05) is 12.2 Å². The summed E-state index contributed by atoms with van der Waals surface area (Å²) in [6, 6.07) is 0. The van der Waals surface area contributed by atoms with E-state index in [-0.39, 0.29) is 18.1 Å². The summed E-state index contributed by atoms with van der Waals surface area (Å²) in [5.41, 5.74) is 0. The Morgan fingerprint density at radius 2 is 2.07 bits per heavy atom. The van der Waals surface area contributed by atoms with Crippen molar-refractivity contribution in [2.45, 2.75) is 38.4 Å². The van der Waals surface area contributed by atoms with Gasteiger partial charge in [0.1, 0.15) is 6.10 Å². The largest absolute Gasteiger partial charge is 0.355 e. The van der Waals surface area contributed by atoms with E-state index in [0.717, 1.165) is 25.9 Å². The van der Waals surface area contributed by atoms with Crippen LogP contribution < -0.4 is 0 Å². The number of ether oxygens (including phenoxy) is 1. The second-order valence-corrected chi connectivity index (χ2v) is 3.93. The van der Waals surface area contributed by atoms with E-state index in [1.807, 2.05) is 24.0 Å². The number of hydrogen-bond acceptors (Lipinski definition) is 2. The van der Waals surface area contributed by atoms with Crippen molar-refractivity contribution in [1.82, 2.24) is 4.90 Å². The Balaban J connectivity index is 1.84. The van der Waals surface area contributed by atoms with Crippen LogP contribution in [0.25, 0.3) is 0 Å². The molecule has 0 saturated carbocycles. The van der Waals surface area contributed by atoms with E-state index in [4.69, 9.17) is 4.74 Å². The molecule has 78 valence electrons. The number of allylic oxidation sites excluding steroid dienone is 1. The molecule has 0 aliphatic carbocycles. The molecule has 0 radical (unpaired) electrons. The first-order chi connectivity index (χ1) is 6.83. The second kappa shape index (κ2) is 4.13. The maximum Gasteiger partial charge on any atom is 0.254 e. The summed E-state index contributed by atoms with van der Waals surface area (Å²) in [6.07, 6.45) is 7.31. The van der Waals surface area contributed by atoms with Crippen molar-refractivity contribution >= 4 is 5.91 Å². The highest BCUT2D eigenvalue weighted by Crippen LogP contribution is 2.26. The average molecular weight is 195 g/mol. The van der Waals surface area contributed by atoms with Crippen molar-refractivity contribution in [2.24, 2.45) is 0 Å². The zero-order valence-electron chi connectivity index (χ0n) is 8.61. The molecular weight excluding hydrogens is 178 g/mol. The minimum Gasteiger partial charge on any atom is -0.355 e. The number of nitrogens with zero attached hydrogens (tertiary/aromatic N) is 1. The van der Waals surface area contributed by atoms with Crippen molar-refractivity contribution < 1.29 is 9.53 Å². The number of rotatable bonds is 2. The molecule has 1 amide bonds. The summed E-state index contributed by atoms with van der Waals surface area (Å²) in [4.78, 5) is 13.8. The molecule has 0 N–H and O–H groups in total. The predicted octanol–water partition coefficient (Wildman–Crippen LogP) is 1.34. The van der Waals surface area contributed by atoms with E-state index >= 15 is 0 Å². The lowest BCUT2D eigenvalue weighted by Crippen LogP contribution is -2.38. The van der Waals surface area contributed by atoms with Gasteiger partial charge in [-0.3, -0.25) is 4.79 Å². The van der Waals surface area contributed by atoms with Crippen LogP contribution >= 0.6 is 0 Å². The number of carbonyl (C=O) groups excluding carboxylic acids is 1. The molecule has 0 bridgehead atoms. The molecule has 0 spiro atoms. The molecule has 2 aliphatic rings. The fraction of sp³-hybridized carbons (Fsp3) is 0.727. The SMILES string of the molecule is C/C=C/C1OC1C(=O)N1CCCCC1. The first-order valence-electron chi connectivity index (χ1n) is 5.40. The molecule has 2 aliphatic heterocycles. The van der Waals surface area contributed by atoms with E-state index in [1.54, 1.807) is 0 Å². The van der Waals surface area contributed by atoms with Crippen molar-refractivity contribution in [3.63, 3.8) is 0 Å². The number of hydrogen-bond donors (Lipinski definition) is 0. The second-order valence-electron chi connectivity index (χ2n) is 3.93. The van der Waals surface area contributed by atoms with E-state index in [1.165, 1.54) is 6.42 Å². The maximum absolute atomic E-state index is 11.8. The lowest BCUT2D eigenvalue weighted by atomic mass is 10.1. The highest BCUT2D eigenvalue weighted by molar-refractivity contribution is 5.84. The molecular formula is C11H17NO2. The summed E-state index contributed by atoms with van der Waals surface area (Å²) in [5.74, 6) is 0.188. The van der Waals surface area contributed by atoms with Gasteiger partial charge in [0.05, 0.1) is 0 Å². The minimum atomic E-state index is -0.177. The minimum absolute atomic E-state index is 0.0504. The van der Waals surface area contributed by atoms with Crippen molar-refractivity contribution in [3.8, 4) is 0 Å². The zero-order valence-corrected chi connectivity index (χ0v) is 8.61. The van der Waals surface area contributed by atoms with Crippen molar-refractivity contribution in [2.75, 3.05) is 13.1 Å². The van der Waals surface area contributed by atoms with Gasteiger partial charge in [-0.2, -0.15) is 0 Å². The average Bonchev–Trinajstić information content (AvgIpc) is 2.98. The van der Waals surface area contributed by atoms with Crippen molar-refractivity contribution in [3.05, 3.63) is 12.2 Å². The third kappa shape index (κ3) is 1.98. The van der Waals surface area contributed by atoms with Gasteiger partial charge >= 0.3 is 0 Å². The summed E-state index contributed by atoms with van der Waals surface area (Å²) < 4.78 is 5.29. The lowest BCUT2D eigenvalue weighted by molar-refractivity contribution is -0.133. The van der Waals surface area contributed by atoms with Gasteiger partial charge < -0.3 is 9.64 Å². The maximum atomic E-state index is 11.8. The van der Waals surface area contributed by atoms with Crippen molar-refractivity contribution in [1.29, 1.82) is 0 Å². The van der Waals surface area contributed by atoms with Crippen LogP contribution in [0.3, 0.4) is 0 Å². The Kier molecular flexibility index (Phi) is 2.87. The topological polar surface area (TPSA) is 32.8 Å². The van der Waals surface area contributed by atoms with Crippen LogP contribution in [0.1, 0.15) is 26.2 Å². The lowest BCUT2D eigenvalue weighted by Gasteiger charge is -2.25. The van der Waals surface area contributed by atoms with Gasteiger partial charge in [-0.25, -0.2) is 0 Å². The van der Waals surface area contributed by atoms with Gasteiger partial charge in [0, 0.05) is 13.1 Å². The van der Waals surface area contributed by atoms with Crippen LogP contribution in [0.2, 0.25) is 0 Å². The number of amides is 1. The summed E-state index contributed by atoms with van der Waals surface area (Å²) in [5, 5.41) is 0. The number of likely N-dealkylation sites (tertiary alicyclic amines) is 1. The molecule has 14 heavy (non-hydrogen) atoms. The first kappa shape index (κ1) is 9.71. The zero-order chi connectivity index (χ0) is 9.97. The summed E-state index contributed by atoms with van der Waals surface area (Å²) >= 11 is 0. The molecule has 2 fully saturated rings. The van der Waals surface area contributed by atoms with E-state index in [0.29, 0.717) is 0 Å². The Morgan fingerprint density at radius 3 is 2.71 bits per heavy atom. The molecule has 2 heterocycles. The van der Waals surface area contributed by atoms with Crippen LogP contribution in [0, 0.1) is 0 Å². The summed E-state index contributed by atoms with van der Waals surface area (Å²) in [7, 11) is 0. The number of epoxide rings is 1. The molecule has 0 aromatic carbocycles. The third-order valence-corrected chi connectivity index (χ3v) is 2.82. The molecule has 0 aromatic heterocycles. The monoisotopic (exact) mass is 195 g/mol. The fourth-order valence-corrected chi connectivity index (χ4v) is 1.95. The molecule has 2 saturated heterocycles. The first-order valence-corrected chi connectivity index (χ1v) is 5.40. The van der Waals surface area contributed by atoms with Gasteiger partial charge in [-0.05, 0) is 26.2 Å². The van der Waals surface area contributed by atoms with Crippen LogP contribution in [0.4, 0.5) is 0 Å². The van der Waals surface area contributed by atoms with E-state index < -0.39 is 0 Å². The third-order valence-electron chi connectivity index (χ3n) is 2.82. The van der Waals surface area contributed by atoms with E-state index in [9.17, 15) is 4.79 Å². The molecule has 3 nitrogen and oxygen atoms in total. The molecule has 2 atom stereocenters. The number of carbonyl (C=O) groups is 1. The van der Waals surface area contributed by atoms with Gasteiger partial charge in [0.2, 0.25) is 0 Å². The smallest absolute Gasteiger partial charge is 0.254 e. The van der Waals surface area contributed by atoms with Gasteiger partial charge in [0.25, 0.3) is 5.91 Å². The Bertz CT molecular complexity index is 244. The van der Waals surface area contributed by atoms with Crippen LogP contribution in [0.15, 0.2) is 12.2 Å². The molecule has 0 aromatic rings. The van der Waals surface area contributed by atoms with Crippen LogP contribution in [0.5, 0.6) is 0 Å². The molecule has 2 rings (SSSR count). The standard InChI is InChI=1S/C11H17NO2/c1-2-6-9-10(14-9)11(13)12-7-4-3-5-8-12/h2,6,9-10H,3-5,7-8H2,1H3/b6-2+. The van der Waals surface area contributed by atoms with Gasteiger partial charge in [0.15, 0.2) is 6.10 Å². The highest BCUT2D eigenvalue weighted by atomic mass is 16.6. The quantitative estimate of drug-likeness (QED) is 0.492. The predicted molar refractivity (Wildman–Crippen MR) is 53.9 cm³/mol. The highest BCUT2D eigenvalue weighted by Gasteiger charge is 2.45. The Hall–Kier alpha value is -0.830. The number of piperidine rings is 1. The summed E-state index contributed by atoms with van der Waals surface area (Å²) in [6.45, 7) is 3.78. The van der Waals surface area contributed by atoms with Gasteiger partial charge in [-0.15, -0.1) is 0 Å². The van der Waals surface area contributed by atoms with Crippen LogP contribution in [-0.2, 0) is 9.53 Å². The van der Waals surface area contributed by atoms with Crippen LogP contribution in [-0.4, -0.2) is 36.1 Å². The Morgan fingerprint density at radius 1 is 1.36 bits per heavy atom. The molecule has 2 unspecified atom stereocenters.